The molecule has 0 radical (unpaired) electrons. The molecular weight excluding hydrogens is 178 g/mol. The molecule has 0 aromatic rings. The number of amides is 1. The zero-order valence-electron chi connectivity index (χ0n) is 7.79. The lowest BCUT2D eigenvalue weighted by atomic mass is 10.7. The summed E-state index contributed by atoms with van der Waals surface area (Å²) >= 11 is 0. The minimum absolute atomic E-state index is 0.241. The van der Waals surface area contributed by atoms with Gasteiger partial charge in [0.05, 0.1) is 5.67 Å². The number of hydrogen-bond donors (Lipinski definition) is 1. The first-order valence-electron chi connectivity index (χ1n) is 3.52. The van der Waals surface area contributed by atoms with Gasteiger partial charge in [0.1, 0.15) is 0 Å². The molecule has 0 heterocycles. The summed E-state index contributed by atoms with van der Waals surface area (Å²) in [6.07, 6.45) is 0.601. The van der Waals surface area contributed by atoms with Crippen LogP contribution in [0.3, 0.4) is 0 Å². The molecule has 1 atom stereocenters. The van der Waals surface area contributed by atoms with E-state index in [0.717, 1.165) is 0 Å². The highest BCUT2D eigenvalue weighted by Gasteiger charge is 2.44. The third kappa shape index (κ3) is 2.28. The first-order valence-corrected chi connectivity index (χ1v) is 5.32. The Morgan fingerprint density at radius 3 is 1.92 bits per heavy atom. The lowest BCUT2D eigenvalue weighted by Gasteiger charge is -2.29. The summed E-state index contributed by atoms with van der Waals surface area (Å²) in [4.78, 5) is 10.2. The van der Waals surface area contributed by atoms with Gasteiger partial charge in [0, 0.05) is 21.3 Å². The van der Waals surface area contributed by atoms with Crippen molar-refractivity contribution in [2.24, 2.45) is 0 Å². The molecule has 6 heteroatoms. The third-order valence-electron chi connectivity index (χ3n) is 1.70. The zero-order valence-corrected chi connectivity index (χ0v) is 8.79. The van der Waals surface area contributed by atoms with E-state index in [-0.39, 0.29) is 5.67 Å². The van der Waals surface area contributed by atoms with E-state index in [9.17, 15) is 4.79 Å². The molecule has 72 valence electrons. The largest absolute Gasteiger partial charge is 0.523 e. The molecule has 5 nitrogen and oxygen atoms in total. The van der Waals surface area contributed by atoms with E-state index in [1.54, 1.807) is 6.92 Å². The number of rotatable bonds is 6. The Hall–Kier alpha value is -0.433. The molecule has 1 N–H and O–H groups in total. The van der Waals surface area contributed by atoms with Crippen molar-refractivity contribution in [3.05, 3.63) is 0 Å². The fraction of sp³-hybridized carbons (Fsp3) is 0.833. The molecule has 0 aliphatic carbocycles. The van der Waals surface area contributed by atoms with Gasteiger partial charge >= 0.3 is 8.80 Å². The number of nitrogens with one attached hydrogen (secondary N) is 1. The van der Waals surface area contributed by atoms with Crippen molar-refractivity contribution in [2.45, 2.75) is 12.6 Å². The second-order valence-electron chi connectivity index (χ2n) is 2.22. The second kappa shape index (κ2) is 5.25. The minimum atomic E-state index is -2.68. The van der Waals surface area contributed by atoms with Crippen LogP contribution in [0.4, 0.5) is 0 Å². The number of carbonyl (C=O) groups excluding carboxylic acids is 1. The zero-order chi connectivity index (χ0) is 9.61. The summed E-state index contributed by atoms with van der Waals surface area (Å²) < 4.78 is 15.4. The molecule has 0 aromatic heterocycles. The van der Waals surface area contributed by atoms with Gasteiger partial charge in [0.2, 0.25) is 6.41 Å². The number of carbonyl (C=O) groups is 1. The summed E-state index contributed by atoms with van der Waals surface area (Å²) in [5, 5.41) is 2.55. The van der Waals surface area contributed by atoms with Crippen LogP contribution in [0.15, 0.2) is 0 Å². The molecule has 0 aliphatic heterocycles. The lowest BCUT2D eigenvalue weighted by Crippen LogP contribution is -2.58. The first-order chi connectivity index (χ1) is 5.66. The van der Waals surface area contributed by atoms with Crippen LogP contribution < -0.4 is 5.32 Å². The van der Waals surface area contributed by atoms with Crippen LogP contribution in [-0.2, 0) is 18.1 Å². The second-order valence-corrected chi connectivity index (χ2v) is 5.52. The molecule has 0 aromatic carbocycles. The van der Waals surface area contributed by atoms with E-state index in [1.165, 1.54) is 21.3 Å². The fourth-order valence-electron chi connectivity index (χ4n) is 0.984. The van der Waals surface area contributed by atoms with Crippen molar-refractivity contribution in [1.29, 1.82) is 0 Å². The van der Waals surface area contributed by atoms with Crippen LogP contribution in [0.1, 0.15) is 6.92 Å². The van der Waals surface area contributed by atoms with Crippen LogP contribution in [-0.4, -0.2) is 42.2 Å². The topological polar surface area (TPSA) is 56.8 Å². The highest BCUT2D eigenvalue weighted by atomic mass is 28.4. The van der Waals surface area contributed by atoms with Gasteiger partial charge < -0.3 is 18.6 Å². The van der Waals surface area contributed by atoms with Crippen LogP contribution in [0.25, 0.3) is 0 Å². The molecule has 1 amide bonds. The summed E-state index contributed by atoms with van der Waals surface area (Å²) in [7, 11) is 1.82. The van der Waals surface area contributed by atoms with Gasteiger partial charge in [-0.05, 0) is 6.92 Å². The fourth-order valence-corrected chi connectivity index (χ4v) is 2.82. The quantitative estimate of drug-likeness (QED) is 0.458. The van der Waals surface area contributed by atoms with E-state index in [1.807, 2.05) is 0 Å². The van der Waals surface area contributed by atoms with Crippen molar-refractivity contribution in [3.63, 3.8) is 0 Å². The molecule has 0 bridgehead atoms. The maximum Gasteiger partial charge on any atom is 0.523 e. The van der Waals surface area contributed by atoms with Crippen LogP contribution in [0.2, 0.25) is 0 Å². The molecule has 0 saturated heterocycles. The van der Waals surface area contributed by atoms with Gasteiger partial charge in [-0.2, -0.15) is 0 Å². The summed E-state index contributed by atoms with van der Waals surface area (Å²) in [5.74, 6) is 0. The molecule has 0 rings (SSSR count). The van der Waals surface area contributed by atoms with Gasteiger partial charge in [0.25, 0.3) is 0 Å². The molecule has 12 heavy (non-hydrogen) atoms. The van der Waals surface area contributed by atoms with Crippen LogP contribution >= 0.6 is 0 Å². The predicted octanol–water partition coefficient (Wildman–Crippen LogP) is -0.462. The predicted molar refractivity (Wildman–Crippen MR) is 45.4 cm³/mol. The average Bonchev–Trinajstić information content (AvgIpc) is 2.09. The average molecular weight is 193 g/mol. The van der Waals surface area contributed by atoms with Crippen molar-refractivity contribution in [2.75, 3.05) is 21.3 Å². The van der Waals surface area contributed by atoms with E-state index >= 15 is 0 Å². The van der Waals surface area contributed by atoms with Gasteiger partial charge in [-0.3, -0.25) is 4.79 Å². The van der Waals surface area contributed by atoms with Crippen molar-refractivity contribution >= 4 is 15.2 Å². The molecule has 0 aliphatic rings. The molecule has 0 spiro atoms. The van der Waals surface area contributed by atoms with E-state index < -0.39 is 8.80 Å². The van der Waals surface area contributed by atoms with Gasteiger partial charge in [-0.15, -0.1) is 0 Å². The Balaban J connectivity index is 4.34. The van der Waals surface area contributed by atoms with Crippen LogP contribution in [0, 0.1) is 0 Å². The highest BCUT2D eigenvalue weighted by Crippen LogP contribution is 2.10. The smallest absolute Gasteiger partial charge is 0.376 e. The molecule has 1 unspecified atom stereocenters. The maximum atomic E-state index is 10.2. The SMILES string of the molecule is CO[Si](OC)(OC)C(C)NC=O. The van der Waals surface area contributed by atoms with Crippen molar-refractivity contribution in [1.82, 2.24) is 5.32 Å². The molecular formula is C6H15NO4Si. The highest BCUT2D eigenvalue weighted by molar-refractivity contribution is 6.62. The summed E-state index contributed by atoms with van der Waals surface area (Å²) in [6, 6.07) is 0. The van der Waals surface area contributed by atoms with Gasteiger partial charge in [-0.1, -0.05) is 0 Å². The first kappa shape index (κ1) is 11.6. The molecule has 0 fully saturated rings. The maximum absolute atomic E-state index is 10.2. The minimum Gasteiger partial charge on any atom is -0.376 e. The lowest BCUT2D eigenvalue weighted by molar-refractivity contribution is -0.110. The Labute approximate surface area is 73.4 Å². The van der Waals surface area contributed by atoms with Gasteiger partial charge in [-0.25, -0.2) is 0 Å². The Kier molecular flexibility index (Phi) is 5.06. The van der Waals surface area contributed by atoms with Crippen molar-refractivity contribution < 1.29 is 18.1 Å². The summed E-state index contributed by atoms with van der Waals surface area (Å²) in [6.45, 7) is 1.77. The Morgan fingerprint density at radius 1 is 1.25 bits per heavy atom. The van der Waals surface area contributed by atoms with E-state index in [2.05, 4.69) is 5.32 Å². The van der Waals surface area contributed by atoms with E-state index in [4.69, 9.17) is 13.3 Å². The van der Waals surface area contributed by atoms with Crippen LogP contribution in [0.5, 0.6) is 0 Å². The monoisotopic (exact) mass is 193 g/mol. The number of hydrogen-bond acceptors (Lipinski definition) is 4. The van der Waals surface area contributed by atoms with Gasteiger partial charge in [0.15, 0.2) is 0 Å². The molecule has 0 saturated carbocycles. The normalized spacial score (nSPS) is 14.0. The third-order valence-corrected chi connectivity index (χ3v) is 4.64. The Bertz CT molecular complexity index is 131. The van der Waals surface area contributed by atoms with E-state index in [0.29, 0.717) is 6.41 Å². The Morgan fingerprint density at radius 2 is 1.67 bits per heavy atom. The standard InChI is InChI=1S/C6H15NO4Si/c1-6(7-5-8)12(9-2,10-3)11-4/h5-6H,1-4H3,(H,7,8). The summed E-state index contributed by atoms with van der Waals surface area (Å²) in [5.41, 5.74) is -0.241. The van der Waals surface area contributed by atoms with Crippen molar-refractivity contribution in [3.8, 4) is 0 Å².